The molecule has 1 aromatic carbocycles. The molecule has 112 valence electrons. The van der Waals surface area contributed by atoms with Crippen molar-refractivity contribution in [3.05, 3.63) is 29.3 Å². The van der Waals surface area contributed by atoms with Gasteiger partial charge < -0.3 is 15.2 Å². The van der Waals surface area contributed by atoms with Gasteiger partial charge in [0.15, 0.2) is 0 Å². The molecule has 5 nitrogen and oxygen atoms in total. The Morgan fingerprint density at radius 3 is 2.71 bits per heavy atom. The van der Waals surface area contributed by atoms with Crippen molar-refractivity contribution in [3.8, 4) is 11.8 Å². The first-order valence-corrected chi connectivity index (χ1v) is 6.97. The van der Waals surface area contributed by atoms with E-state index in [1.807, 2.05) is 19.9 Å². The van der Waals surface area contributed by atoms with Crippen LogP contribution in [0.25, 0.3) is 0 Å². The van der Waals surface area contributed by atoms with Gasteiger partial charge in [-0.25, -0.2) is 0 Å². The number of benzene rings is 1. The normalized spacial score (nSPS) is 22.9. The Hall–Kier alpha value is -2.06. The van der Waals surface area contributed by atoms with Gasteiger partial charge in [-0.1, -0.05) is 13.8 Å². The molecule has 0 bridgehead atoms. The first-order valence-electron chi connectivity index (χ1n) is 6.97. The molecular weight excluding hydrogens is 268 g/mol. The predicted octanol–water partition coefficient (Wildman–Crippen LogP) is 1.90. The van der Waals surface area contributed by atoms with Gasteiger partial charge in [-0.05, 0) is 32.0 Å². The fourth-order valence-corrected chi connectivity index (χ4v) is 2.42. The lowest BCUT2D eigenvalue weighted by atomic mass is 9.85. The molecule has 1 unspecified atom stereocenters. The molecule has 2 atom stereocenters. The van der Waals surface area contributed by atoms with Gasteiger partial charge in [-0.15, -0.1) is 0 Å². The topological polar surface area (TPSA) is 82.4 Å². The van der Waals surface area contributed by atoms with Crippen LogP contribution in [-0.2, 0) is 4.79 Å². The minimum atomic E-state index is -0.917. The summed E-state index contributed by atoms with van der Waals surface area (Å²) in [6.45, 7) is 7.23. The van der Waals surface area contributed by atoms with E-state index in [-0.39, 0.29) is 11.8 Å². The van der Waals surface area contributed by atoms with Crippen LogP contribution >= 0.6 is 0 Å². The Balaban J connectivity index is 2.39. The van der Waals surface area contributed by atoms with Crippen molar-refractivity contribution < 1.29 is 14.6 Å². The Kier molecular flexibility index (Phi) is 3.93. The van der Waals surface area contributed by atoms with E-state index in [0.29, 0.717) is 16.9 Å². The lowest BCUT2D eigenvalue weighted by Gasteiger charge is -2.43. The van der Waals surface area contributed by atoms with Crippen LogP contribution in [0.2, 0.25) is 0 Å². The minimum absolute atomic E-state index is 0.143. The number of ether oxygens (including phenoxy) is 1. The van der Waals surface area contributed by atoms with Crippen LogP contribution in [0, 0.1) is 17.2 Å². The maximum Gasteiger partial charge on any atom is 0.223 e. The zero-order valence-electron chi connectivity index (χ0n) is 12.7. The summed E-state index contributed by atoms with van der Waals surface area (Å²) < 4.78 is 5.90. The lowest BCUT2D eigenvalue weighted by molar-refractivity contribution is -0.129. The standard InChI is InChI=1S/C16H20N2O3/c1-9(2)15(20)18-14-13(19)11-7-10(8-17)5-6-12(11)21-16(14,3)4/h5-7,9,13-14,19H,1-4H3,(H,18,20)/t13?,14-/m0/s1. The number of carbonyl (C=O) groups excluding carboxylic acids is 1. The highest BCUT2D eigenvalue weighted by Gasteiger charge is 2.44. The molecule has 0 aliphatic carbocycles. The number of aliphatic hydroxyl groups excluding tert-OH is 1. The Bertz CT molecular complexity index is 602. The highest BCUT2D eigenvalue weighted by molar-refractivity contribution is 5.78. The van der Waals surface area contributed by atoms with Crippen molar-refractivity contribution in [1.29, 1.82) is 5.26 Å². The van der Waals surface area contributed by atoms with Crippen molar-refractivity contribution in [2.75, 3.05) is 0 Å². The molecule has 1 aliphatic rings. The Morgan fingerprint density at radius 1 is 1.48 bits per heavy atom. The number of nitriles is 1. The summed E-state index contributed by atoms with van der Waals surface area (Å²) in [7, 11) is 0. The molecule has 2 rings (SSSR count). The SMILES string of the molecule is CC(C)C(=O)N[C@H]1C(O)c2cc(C#N)ccc2OC1(C)C. The quantitative estimate of drug-likeness (QED) is 0.870. The van der Waals surface area contributed by atoms with Crippen molar-refractivity contribution in [1.82, 2.24) is 5.32 Å². The monoisotopic (exact) mass is 288 g/mol. The maximum atomic E-state index is 11.9. The molecule has 21 heavy (non-hydrogen) atoms. The molecule has 0 saturated carbocycles. The third kappa shape index (κ3) is 2.86. The molecule has 0 aromatic heterocycles. The van der Waals surface area contributed by atoms with Gasteiger partial charge in [0.05, 0.1) is 17.7 Å². The second-order valence-electron chi connectivity index (χ2n) is 6.16. The average Bonchev–Trinajstić information content (AvgIpc) is 2.42. The lowest BCUT2D eigenvalue weighted by Crippen LogP contribution is -2.58. The number of carbonyl (C=O) groups is 1. The number of nitrogens with zero attached hydrogens (tertiary/aromatic N) is 1. The van der Waals surface area contributed by atoms with E-state index in [4.69, 9.17) is 10.00 Å². The molecule has 1 amide bonds. The number of aliphatic hydroxyl groups is 1. The Labute approximate surface area is 124 Å². The summed E-state index contributed by atoms with van der Waals surface area (Å²) >= 11 is 0. The number of hydrogen-bond acceptors (Lipinski definition) is 4. The molecule has 0 spiro atoms. The van der Waals surface area contributed by atoms with Crippen LogP contribution in [0.1, 0.15) is 44.9 Å². The third-order valence-corrected chi connectivity index (χ3v) is 3.72. The first-order chi connectivity index (χ1) is 9.76. The van der Waals surface area contributed by atoms with Gasteiger partial charge >= 0.3 is 0 Å². The summed E-state index contributed by atoms with van der Waals surface area (Å²) in [5.74, 6) is 0.219. The summed E-state index contributed by atoms with van der Waals surface area (Å²) in [6.07, 6.45) is -0.917. The summed E-state index contributed by atoms with van der Waals surface area (Å²) in [4.78, 5) is 11.9. The molecule has 1 heterocycles. The molecule has 0 saturated heterocycles. The average molecular weight is 288 g/mol. The zero-order chi connectivity index (χ0) is 15.8. The maximum absolute atomic E-state index is 11.9. The van der Waals surface area contributed by atoms with E-state index >= 15 is 0 Å². The minimum Gasteiger partial charge on any atom is -0.485 e. The van der Waals surface area contributed by atoms with E-state index in [9.17, 15) is 9.90 Å². The van der Waals surface area contributed by atoms with Crippen molar-refractivity contribution >= 4 is 5.91 Å². The molecule has 1 aromatic rings. The highest BCUT2D eigenvalue weighted by Crippen LogP contribution is 2.40. The second-order valence-corrected chi connectivity index (χ2v) is 6.16. The van der Waals surface area contributed by atoms with E-state index < -0.39 is 17.7 Å². The van der Waals surface area contributed by atoms with Gasteiger partial charge in [0.25, 0.3) is 0 Å². The molecule has 1 aliphatic heterocycles. The van der Waals surface area contributed by atoms with Crippen molar-refractivity contribution in [2.45, 2.75) is 45.4 Å². The van der Waals surface area contributed by atoms with Gasteiger partial charge in [-0.3, -0.25) is 4.79 Å². The molecule has 0 radical (unpaired) electrons. The predicted molar refractivity (Wildman–Crippen MR) is 77.6 cm³/mol. The third-order valence-electron chi connectivity index (χ3n) is 3.72. The molecule has 0 fully saturated rings. The number of rotatable bonds is 2. The number of hydrogen-bond donors (Lipinski definition) is 2. The van der Waals surface area contributed by atoms with Gasteiger partial charge in [0.1, 0.15) is 17.5 Å². The van der Waals surface area contributed by atoms with E-state index in [1.165, 1.54) is 0 Å². The van der Waals surface area contributed by atoms with Crippen LogP contribution in [0.5, 0.6) is 5.75 Å². The number of nitrogens with one attached hydrogen (secondary N) is 1. The summed E-state index contributed by atoms with van der Waals surface area (Å²) in [6, 6.07) is 6.39. The largest absolute Gasteiger partial charge is 0.485 e. The smallest absolute Gasteiger partial charge is 0.223 e. The molecular formula is C16H20N2O3. The number of fused-ring (bicyclic) bond motifs is 1. The van der Waals surface area contributed by atoms with Crippen LogP contribution < -0.4 is 10.1 Å². The summed E-state index contributed by atoms with van der Waals surface area (Å²) in [5, 5.41) is 22.4. The van der Waals surface area contributed by atoms with Crippen LogP contribution in [0.15, 0.2) is 18.2 Å². The van der Waals surface area contributed by atoms with Gasteiger partial charge in [-0.2, -0.15) is 5.26 Å². The number of amides is 1. The molecule has 5 heteroatoms. The fraction of sp³-hybridized carbons (Fsp3) is 0.500. The van der Waals surface area contributed by atoms with E-state index in [2.05, 4.69) is 5.32 Å². The Morgan fingerprint density at radius 2 is 2.14 bits per heavy atom. The van der Waals surface area contributed by atoms with Crippen LogP contribution in [0.4, 0.5) is 0 Å². The van der Waals surface area contributed by atoms with Gasteiger partial charge in [0.2, 0.25) is 5.91 Å². The van der Waals surface area contributed by atoms with Gasteiger partial charge in [0, 0.05) is 11.5 Å². The van der Waals surface area contributed by atoms with Crippen LogP contribution in [-0.4, -0.2) is 22.7 Å². The van der Waals surface area contributed by atoms with Crippen molar-refractivity contribution in [3.63, 3.8) is 0 Å². The zero-order valence-corrected chi connectivity index (χ0v) is 12.7. The first kappa shape index (κ1) is 15.3. The second kappa shape index (κ2) is 5.38. The molecule has 2 N–H and O–H groups in total. The van der Waals surface area contributed by atoms with E-state index in [1.54, 1.807) is 32.0 Å². The highest BCUT2D eigenvalue weighted by atomic mass is 16.5. The fourth-order valence-electron chi connectivity index (χ4n) is 2.42. The van der Waals surface area contributed by atoms with Crippen LogP contribution in [0.3, 0.4) is 0 Å². The summed E-state index contributed by atoms with van der Waals surface area (Å²) in [5.41, 5.74) is 0.234. The van der Waals surface area contributed by atoms with Crippen molar-refractivity contribution in [2.24, 2.45) is 5.92 Å². The van der Waals surface area contributed by atoms with E-state index in [0.717, 1.165) is 0 Å².